The summed E-state index contributed by atoms with van der Waals surface area (Å²) in [6.07, 6.45) is 4.97. The number of alkyl halides is 1. The summed E-state index contributed by atoms with van der Waals surface area (Å²) in [7, 11) is 0. The molecule has 0 amide bonds. The van der Waals surface area contributed by atoms with Crippen molar-refractivity contribution >= 4 is 21.6 Å². The van der Waals surface area contributed by atoms with Crippen molar-refractivity contribution < 1.29 is 4.39 Å². The minimum atomic E-state index is -0.0825. The van der Waals surface area contributed by atoms with Crippen LogP contribution in [0.4, 0.5) is 10.1 Å². The van der Waals surface area contributed by atoms with E-state index >= 15 is 0 Å². The number of halogens is 2. The molecule has 100 valence electrons. The van der Waals surface area contributed by atoms with Crippen LogP contribution in [-0.2, 0) is 5.33 Å². The molecule has 1 aliphatic rings. The van der Waals surface area contributed by atoms with Crippen molar-refractivity contribution in [2.24, 2.45) is 5.92 Å². The molecule has 1 aromatic rings. The van der Waals surface area contributed by atoms with Gasteiger partial charge in [0.1, 0.15) is 5.82 Å². The molecule has 1 aromatic carbocycles. The Kier molecular flexibility index (Phi) is 5.04. The second-order valence-corrected chi connectivity index (χ2v) is 5.66. The van der Waals surface area contributed by atoms with Crippen LogP contribution in [0, 0.1) is 11.7 Å². The van der Waals surface area contributed by atoms with Gasteiger partial charge in [-0.2, -0.15) is 0 Å². The predicted molar refractivity (Wildman–Crippen MR) is 78.9 cm³/mol. The lowest BCUT2D eigenvalue weighted by Crippen LogP contribution is -2.34. The Morgan fingerprint density at radius 1 is 1.33 bits per heavy atom. The van der Waals surface area contributed by atoms with E-state index in [4.69, 9.17) is 0 Å². The van der Waals surface area contributed by atoms with Gasteiger partial charge in [-0.3, -0.25) is 0 Å². The molecule has 0 saturated carbocycles. The molecule has 0 radical (unpaired) electrons. The summed E-state index contributed by atoms with van der Waals surface area (Å²) < 4.78 is 14.0. The minimum Gasteiger partial charge on any atom is -0.369 e. The summed E-state index contributed by atoms with van der Waals surface area (Å²) in [6, 6.07) is 5.37. The standard InChI is InChI=1S/C15H21BrFN/c1-2-4-12-7-9-18(10-8-12)15-13(11-16)5-3-6-14(15)17/h3,5-6,12H,2,4,7-11H2,1H3. The molecule has 0 spiro atoms. The molecule has 1 heterocycles. The van der Waals surface area contributed by atoms with Crippen molar-refractivity contribution in [3.8, 4) is 0 Å². The van der Waals surface area contributed by atoms with Crippen molar-refractivity contribution in [1.29, 1.82) is 0 Å². The third-order valence-corrected chi connectivity index (χ3v) is 4.45. The first-order valence-electron chi connectivity index (χ1n) is 6.84. The van der Waals surface area contributed by atoms with Crippen LogP contribution in [0.3, 0.4) is 0 Å². The van der Waals surface area contributed by atoms with E-state index in [1.807, 2.05) is 6.07 Å². The normalized spacial score (nSPS) is 17.2. The molecule has 3 heteroatoms. The van der Waals surface area contributed by atoms with Crippen LogP contribution >= 0.6 is 15.9 Å². The van der Waals surface area contributed by atoms with E-state index < -0.39 is 0 Å². The maximum atomic E-state index is 14.0. The van der Waals surface area contributed by atoms with Crippen LogP contribution < -0.4 is 4.90 Å². The Hall–Kier alpha value is -0.570. The van der Waals surface area contributed by atoms with E-state index in [0.717, 1.165) is 35.6 Å². The zero-order valence-corrected chi connectivity index (χ0v) is 12.5. The van der Waals surface area contributed by atoms with E-state index in [9.17, 15) is 4.39 Å². The highest BCUT2D eigenvalue weighted by molar-refractivity contribution is 9.08. The molecule has 0 N–H and O–H groups in total. The van der Waals surface area contributed by atoms with Crippen molar-refractivity contribution in [2.75, 3.05) is 18.0 Å². The van der Waals surface area contributed by atoms with Crippen LogP contribution in [0.15, 0.2) is 18.2 Å². The van der Waals surface area contributed by atoms with Crippen molar-refractivity contribution in [3.05, 3.63) is 29.6 Å². The highest BCUT2D eigenvalue weighted by Crippen LogP contribution is 2.31. The molecular formula is C15H21BrFN. The van der Waals surface area contributed by atoms with E-state index in [-0.39, 0.29) is 5.82 Å². The maximum Gasteiger partial charge on any atom is 0.146 e. The number of hydrogen-bond donors (Lipinski definition) is 0. The Balaban J connectivity index is 2.09. The largest absolute Gasteiger partial charge is 0.369 e. The molecule has 0 aromatic heterocycles. The molecular weight excluding hydrogens is 293 g/mol. The van der Waals surface area contributed by atoms with Crippen LogP contribution in [0.1, 0.15) is 38.2 Å². The monoisotopic (exact) mass is 313 g/mol. The number of benzene rings is 1. The molecule has 1 saturated heterocycles. The summed E-state index contributed by atoms with van der Waals surface area (Å²) in [5.41, 5.74) is 1.87. The smallest absolute Gasteiger partial charge is 0.146 e. The quantitative estimate of drug-likeness (QED) is 0.726. The Morgan fingerprint density at radius 2 is 2.06 bits per heavy atom. The van der Waals surface area contributed by atoms with Gasteiger partial charge in [0.05, 0.1) is 5.69 Å². The SMILES string of the molecule is CCCC1CCN(c2c(F)cccc2CBr)CC1. The van der Waals surface area contributed by atoms with Gasteiger partial charge >= 0.3 is 0 Å². The molecule has 2 rings (SSSR count). The maximum absolute atomic E-state index is 14.0. The van der Waals surface area contributed by atoms with Gasteiger partial charge in [-0.15, -0.1) is 0 Å². The summed E-state index contributed by atoms with van der Waals surface area (Å²) in [5, 5.41) is 0.717. The molecule has 0 aliphatic carbocycles. The first-order valence-corrected chi connectivity index (χ1v) is 7.96. The number of anilines is 1. The third kappa shape index (κ3) is 3.05. The predicted octanol–water partition coefficient (Wildman–Crippen LogP) is 4.74. The number of nitrogens with zero attached hydrogens (tertiary/aromatic N) is 1. The first kappa shape index (κ1) is 13.9. The zero-order chi connectivity index (χ0) is 13.0. The van der Waals surface area contributed by atoms with Gasteiger partial charge in [-0.1, -0.05) is 47.8 Å². The fraction of sp³-hybridized carbons (Fsp3) is 0.600. The highest BCUT2D eigenvalue weighted by Gasteiger charge is 2.22. The zero-order valence-electron chi connectivity index (χ0n) is 11.0. The van der Waals surface area contributed by atoms with Gasteiger partial charge in [-0.05, 0) is 30.4 Å². The first-order chi connectivity index (χ1) is 8.76. The number of rotatable bonds is 4. The number of piperidine rings is 1. The van der Waals surface area contributed by atoms with Gasteiger partial charge in [0.2, 0.25) is 0 Å². The van der Waals surface area contributed by atoms with Crippen LogP contribution in [0.5, 0.6) is 0 Å². The van der Waals surface area contributed by atoms with Gasteiger partial charge < -0.3 is 4.90 Å². The fourth-order valence-corrected chi connectivity index (χ4v) is 3.33. The van der Waals surface area contributed by atoms with Crippen LogP contribution in [0.25, 0.3) is 0 Å². The van der Waals surface area contributed by atoms with Gasteiger partial charge in [-0.25, -0.2) is 4.39 Å². The Morgan fingerprint density at radius 3 is 2.67 bits per heavy atom. The fourth-order valence-electron chi connectivity index (χ4n) is 2.88. The van der Waals surface area contributed by atoms with Gasteiger partial charge in [0.15, 0.2) is 0 Å². The average Bonchev–Trinajstić information content (AvgIpc) is 2.40. The molecule has 1 aliphatic heterocycles. The second-order valence-electron chi connectivity index (χ2n) is 5.10. The van der Waals surface area contributed by atoms with E-state index in [1.165, 1.54) is 25.7 Å². The van der Waals surface area contributed by atoms with Crippen molar-refractivity contribution in [1.82, 2.24) is 0 Å². The second kappa shape index (κ2) is 6.55. The van der Waals surface area contributed by atoms with E-state index in [2.05, 4.69) is 27.8 Å². The molecule has 0 bridgehead atoms. The lowest BCUT2D eigenvalue weighted by Gasteiger charge is -2.34. The van der Waals surface area contributed by atoms with Gasteiger partial charge in [0.25, 0.3) is 0 Å². The molecule has 18 heavy (non-hydrogen) atoms. The summed E-state index contributed by atoms with van der Waals surface area (Å²) >= 11 is 3.45. The molecule has 1 nitrogen and oxygen atoms in total. The van der Waals surface area contributed by atoms with E-state index in [0.29, 0.717) is 0 Å². The summed E-state index contributed by atoms with van der Waals surface area (Å²) in [6.45, 7) is 4.23. The van der Waals surface area contributed by atoms with Crippen LogP contribution in [-0.4, -0.2) is 13.1 Å². The van der Waals surface area contributed by atoms with Crippen LogP contribution in [0.2, 0.25) is 0 Å². The molecule has 0 unspecified atom stereocenters. The van der Waals surface area contributed by atoms with E-state index in [1.54, 1.807) is 12.1 Å². The topological polar surface area (TPSA) is 3.24 Å². The van der Waals surface area contributed by atoms with Gasteiger partial charge in [0, 0.05) is 18.4 Å². The van der Waals surface area contributed by atoms with Crippen molar-refractivity contribution in [3.63, 3.8) is 0 Å². The Bertz CT molecular complexity index is 386. The summed E-state index contributed by atoms with van der Waals surface area (Å²) in [4.78, 5) is 2.22. The third-order valence-electron chi connectivity index (χ3n) is 3.84. The molecule has 1 fully saturated rings. The van der Waals surface area contributed by atoms with Crippen molar-refractivity contribution in [2.45, 2.75) is 37.9 Å². The lowest BCUT2D eigenvalue weighted by atomic mass is 9.92. The highest BCUT2D eigenvalue weighted by atomic mass is 79.9. The average molecular weight is 314 g/mol. The minimum absolute atomic E-state index is 0.0825. The molecule has 0 atom stereocenters. The number of hydrogen-bond acceptors (Lipinski definition) is 1. The number of para-hydroxylation sites is 1. The Labute approximate surface area is 118 Å². The summed E-state index contributed by atoms with van der Waals surface area (Å²) in [5.74, 6) is 0.756. The lowest BCUT2D eigenvalue weighted by molar-refractivity contribution is 0.376.